The largest absolute Gasteiger partial charge is 0.353 e. The highest BCUT2D eigenvalue weighted by Gasteiger charge is 2.22. The van der Waals surface area contributed by atoms with Crippen molar-refractivity contribution in [3.8, 4) is 11.4 Å². The van der Waals surface area contributed by atoms with Crippen molar-refractivity contribution < 1.29 is 13.7 Å². The van der Waals surface area contributed by atoms with Gasteiger partial charge in [0.25, 0.3) is 0 Å². The lowest BCUT2D eigenvalue weighted by Crippen LogP contribution is -2.50. The molecule has 0 aliphatic carbocycles. The molecule has 1 fully saturated rings. The maximum Gasteiger partial charge on any atom is 0.322 e. The summed E-state index contributed by atoms with van der Waals surface area (Å²) in [7, 11) is 0. The highest BCUT2D eigenvalue weighted by molar-refractivity contribution is 5.89. The quantitative estimate of drug-likeness (QED) is 0.729. The number of para-hydroxylation sites is 1. The van der Waals surface area contributed by atoms with Gasteiger partial charge in [-0.25, -0.2) is 14.2 Å². The van der Waals surface area contributed by atoms with Gasteiger partial charge in [0, 0.05) is 44.4 Å². The van der Waals surface area contributed by atoms with E-state index in [1.807, 2.05) is 19.1 Å². The highest BCUT2D eigenvalue weighted by Crippen LogP contribution is 2.20. The van der Waals surface area contributed by atoms with E-state index in [4.69, 9.17) is 4.52 Å². The molecule has 0 unspecified atom stereocenters. The summed E-state index contributed by atoms with van der Waals surface area (Å²) in [6.45, 7) is 4.27. The number of carbonyl (C=O) groups excluding carboxylic acids is 1. The Balaban J connectivity index is 1.34. The SMILES string of the molecule is CCc1nc(-c2ccc(N3CCN(C(=O)Nc4ccccc4F)CC3)nc2)no1. The average molecular weight is 396 g/mol. The number of piperazine rings is 1. The number of aryl methyl sites for hydroxylation is 1. The van der Waals surface area contributed by atoms with Gasteiger partial charge < -0.3 is 19.6 Å². The molecule has 9 heteroatoms. The predicted molar refractivity (Wildman–Crippen MR) is 106 cm³/mol. The van der Waals surface area contributed by atoms with Crippen LogP contribution in [0.1, 0.15) is 12.8 Å². The first-order valence-electron chi connectivity index (χ1n) is 9.48. The minimum atomic E-state index is -0.448. The molecule has 1 aliphatic heterocycles. The zero-order valence-corrected chi connectivity index (χ0v) is 16.0. The Kier molecular flexibility index (Phi) is 5.37. The summed E-state index contributed by atoms with van der Waals surface area (Å²) in [4.78, 5) is 25.0. The summed E-state index contributed by atoms with van der Waals surface area (Å²) in [6.07, 6.45) is 2.41. The Bertz CT molecular complexity index is 983. The van der Waals surface area contributed by atoms with Crippen LogP contribution in [0.4, 0.5) is 20.7 Å². The van der Waals surface area contributed by atoms with Crippen molar-refractivity contribution >= 4 is 17.5 Å². The number of pyridine rings is 1. The fourth-order valence-electron chi connectivity index (χ4n) is 3.12. The predicted octanol–water partition coefficient (Wildman–Crippen LogP) is 3.19. The van der Waals surface area contributed by atoms with Gasteiger partial charge in [-0.1, -0.05) is 24.2 Å². The zero-order chi connectivity index (χ0) is 20.2. The normalized spacial score (nSPS) is 14.1. The Morgan fingerprint density at radius 3 is 2.62 bits per heavy atom. The van der Waals surface area contributed by atoms with E-state index in [0.29, 0.717) is 44.3 Å². The second-order valence-corrected chi connectivity index (χ2v) is 6.65. The second-order valence-electron chi connectivity index (χ2n) is 6.65. The van der Waals surface area contributed by atoms with Crippen LogP contribution in [-0.2, 0) is 6.42 Å². The van der Waals surface area contributed by atoms with Crippen molar-refractivity contribution in [3.63, 3.8) is 0 Å². The van der Waals surface area contributed by atoms with Crippen molar-refractivity contribution in [2.24, 2.45) is 0 Å². The summed E-state index contributed by atoms with van der Waals surface area (Å²) in [5, 5.41) is 6.57. The van der Waals surface area contributed by atoms with Crippen LogP contribution in [0.3, 0.4) is 0 Å². The molecular formula is C20H21FN6O2. The van der Waals surface area contributed by atoms with Crippen molar-refractivity contribution in [1.29, 1.82) is 0 Å². The Labute approximate surface area is 167 Å². The average Bonchev–Trinajstić information content (AvgIpc) is 3.25. The van der Waals surface area contributed by atoms with E-state index in [1.54, 1.807) is 29.3 Å². The van der Waals surface area contributed by atoms with Crippen LogP contribution in [0.5, 0.6) is 0 Å². The molecule has 3 heterocycles. The first-order valence-corrected chi connectivity index (χ1v) is 9.48. The molecule has 1 saturated heterocycles. The van der Waals surface area contributed by atoms with Crippen molar-refractivity contribution in [2.75, 3.05) is 36.4 Å². The smallest absolute Gasteiger partial charge is 0.322 e. The number of anilines is 2. The van der Waals surface area contributed by atoms with E-state index in [2.05, 4.69) is 25.3 Å². The maximum absolute atomic E-state index is 13.7. The molecule has 0 spiro atoms. The molecule has 0 atom stereocenters. The minimum absolute atomic E-state index is 0.185. The second kappa shape index (κ2) is 8.26. The third-order valence-corrected chi connectivity index (χ3v) is 4.78. The topological polar surface area (TPSA) is 87.4 Å². The van der Waals surface area contributed by atoms with Crippen LogP contribution in [0.15, 0.2) is 47.1 Å². The van der Waals surface area contributed by atoms with E-state index >= 15 is 0 Å². The highest BCUT2D eigenvalue weighted by atomic mass is 19.1. The number of urea groups is 1. The molecule has 29 heavy (non-hydrogen) atoms. The number of amides is 2. The van der Waals surface area contributed by atoms with Crippen molar-refractivity contribution in [2.45, 2.75) is 13.3 Å². The van der Waals surface area contributed by atoms with Crippen LogP contribution in [-0.4, -0.2) is 52.2 Å². The molecule has 1 aliphatic rings. The number of nitrogens with zero attached hydrogens (tertiary/aromatic N) is 5. The summed E-state index contributed by atoms with van der Waals surface area (Å²) in [6, 6.07) is 9.65. The van der Waals surface area contributed by atoms with Gasteiger partial charge in [0.05, 0.1) is 5.69 Å². The van der Waals surface area contributed by atoms with Crippen LogP contribution < -0.4 is 10.2 Å². The first kappa shape index (κ1) is 18.9. The van der Waals surface area contributed by atoms with Gasteiger partial charge in [0.2, 0.25) is 11.7 Å². The lowest BCUT2D eigenvalue weighted by molar-refractivity contribution is 0.208. The Morgan fingerprint density at radius 2 is 1.97 bits per heavy atom. The standard InChI is InChI=1S/C20H21FN6O2/c1-2-18-24-19(25-29-18)14-7-8-17(22-13-14)26-9-11-27(12-10-26)20(28)23-16-6-4-3-5-15(16)21/h3-8,13H,2,9-12H2,1H3,(H,23,28). The number of hydrogen-bond acceptors (Lipinski definition) is 6. The number of aromatic nitrogens is 3. The number of rotatable bonds is 4. The summed E-state index contributed by atoms with van der Waals surface area (Å²) < 4.78 is 18.8. The van der Waals surface area contributed by atoms with Gasteiger partial charge >= 0.3 is 6.03 Å². The third kappa shape index (κ3) is 4.18. The van der Waals surface area contributed by atoms with Crippen LogP contribution >= 0.6 is 0 Å². The van der Waals surface area contributed by atoms with E-state index in [0.717, 1.165) is 11.4 Å². The molecule has 0 saturated carbocycles. The van der Waals surface area contributed by atoms with Gasteiger partial charge in [-0.2, -0.15) is 4.98 Å². The number of hydrogen-bond donors (Lipinski definition) is 1. The number of halogens is 1. The fourth-order valence-corrected chi connectivity index (χ4v) is 3.12. The molecule has 8 nitrogen and oxygen atoms in total. The van der Waals surface area contributed by atoms with Crippen LogP contribution in [0.25, 0.3) is 11.4 Å². The molecule has 3 aromatic rings. The van der Waals surface area contributed by atoms with Crippen LogP contribution in [0.2, 0.25) is 0 Å². The molecule has 0 bridgehead atoms. The van der Waals surface area contributed by atoms with Crippen molar-refractivity contribution in [1.82, 2.24) is 20.0 Å². The monoisotopic (exact) mass is 396 g/mol. The van der Waals surface area contributed by atoms with E-state index in [-0.39, 0.29) is 11.7 Å². The van der Waals surface area contributed by atoms with Gasteiger partial charge in [-0.15, -0.1) is 0 Å². The van der Waals surface area contributed by atoms with Crippen molar-refractivity contribution in [3.05, 3.63) is 54.3 Å². The molecule has 2 aromatic heterocycles. The number of carbonyl (C=O) groups is 1. The molecule has 1 N–H and O–H groups in total. The van der Waals surface area contributed by atoms with E-state index in [9.17, 15) is 9.18 Å². The van der Waals surface area contributed by atoms with Gasteiger partial charge in [0.1, 0.15) is 11.6 Å². The van der Waals surface area contributed by atoms with Gasteiger partial charge in [0.15, 0.2) is 0 Å². The first-order chi connectivity index (χ1) is 14.1. The lowest BCUT2D eigenvalue weighted by Gasteiger charge is -2.35. The van der Waals surface area contributed by atoms with Gasteiger partial charge in [-0.05, 0) is 24.3 Å². The third-order valence-electron chi connectivity index (χ3n) is 4.78. The van der Waals surface area contributed by atoms with Gasteiger partial charge in [-0.3, -0.25) is 0 Å². The molecular weight excluding hydrogens is 375 g/mol. The minimum Gasteiger partial charge on any atom is -0.353 e. The van der Waals surface area contributed by atoms with E-state index in [1.165, 1.54) is 6.07 Å². The Hall–Kier alpha value is -3.49. The summed E-state index contributed by atoms with van der Waals surface area (Å²) >= 11 is 0. The maximum atomic E-state index is 13.7. The lowest BCUT2D eigenvalue weighted by atomic mass is 10.2. The molecule has 0 radical (unpaired) electrons. The molecule has 4 rings (SSSR count). The fraction of sp³-hybridized carbons (Fsp3) is 0.300. The van der Waals surface area contributed by atoms with E-state index < -0.39 is 5.82 Å². The van der Waals surface area contributed by atoms with Crippen LogP contribution in [0, 0.1) is 5.82 Å². The molecule has 1 aromatic carbocycles. The summed E-state index contributed by atoms with van der Waals surface area (Å²) in [5.41, 5.74) is 0.977. The number of benzene rings is 1. The number of nitrogens with one attached hydrogen (secondary N) is 1. The molecule has 2 amide bonds. The Morgan fingerprint density at radius 1 is 1.17 bits per heavy atom. The summed E-state index contributed by atoms with van der Waals surface area (Å²) in [5.74, 6) is 1.49. The zero-order valence-electron chi connectivity index (χ0n) is 16.0. The molecule has 150 valence electrons.